The van der Waals surface area contributed by atoms with E-state index in [0.717, 1.165) is 10.0 Å². The van der Waals surface area contributed by atoms with Crippen LogP contribution in [0, 0.1) is 0 Å². The van der Waals surface area contributed by atoms with Crippen LogP contribution in [0.15, 0.2) is 28.7 Å². The van der Waals surface area contributed by atoms with Gasteiger partial charge < -0.3 is 9.47 Å². The average Bonchev–Trinajstić information content (AvgIpc) is 2.36. The molecular formula is C13H13BrClN3O2. The van der Waals surface area contributed by atoms with Crippen molar-refractivity contribution in [2.45, 2.75) is 26.6 Å². The van der Waals surface area contributed by atoms with Gasteiger partial charge in [0.1, 0.15) is 6.61 Å². The van der Waals surface area contributed by atoms with Crippen LogP contribution < -0.4 is 9.47 Å². The summed E-state index contributed by atoms with van der Waals surface area (Å²) in [5.41, 5.74) is 0.982. The van der Waals surface area contributed by atoms with E-state index in [1.807, 2.05) is 38.1 Å². The molecule has 0 bridgehead atoms. The topological polar surface area (TPSA) is 57.1 Å². The third-order valence-electron chi connectivity index (χ3n) is 2.22. The molecule has 20 heavy (non-hydrogen) atoms. The van der Waals surface area contributed by atoms with Crippen LogP contribution in [0.1, 0.15) is 19.4 Å². The number of rotatable bonds is 5. The third kappa shape index (κ3) is 4.31. The van der Waals surface area contributed by atoms with E-state index < -0.39 is 0 Å². The van der Waals surface area contributed by atoms with Crippen LogP contribution in [0.2, 0.25) is 5.28 Å². The minimum atomic E-state index is -0.0513. The number of nitrogens with zero attached hydrogens (tertiary/aromatic N) is 3. The van der Waals surface area contributed by atoms with Gasteiger partial charge in [-0.05, 0) is 31.5 Å². The van der Waals surface area contributed by atoms with E-state index in [9.17, 15) is 0 Å². The van der Waals surface area contributed by atoms with Gasteiger partial charge >= 0.3 is 12.0 Å². The summed E-state index contributed by atoms with van der Waals surface area (Å²) in [5, 5.41) is 0.0396. The Kier molecular flexibility index (Phi) is 5.14. The fraction of sp³-hybridized carbons (Fsp3) is 0.308. The van der Waals surface area contributed by atoms with Crippen molar-refractivity contribution in [3.05, 3.63) is 39.6 Å². The van der Waals surface area contributed by atoms with Crippen LogP contribution in [-0.4, -0.2) is 21.1 Å². The number of halogens is 2. The fourth-order valence-electron chi connectivity index (χ4n) is 1.40. The molecule has 1 heterocycles. The molecule has 2 rings (SSSR count). The molecule has 1 aromatic carbocycles. The molecular weight excluding hydrogens is 346 g/mol. The predicted molar refractivity (Wildman–Crippen MR) is 79.1 cm³/mol. The quantitative estimate of drug-likeness (QED) is 0.816. The molecule has 0 radical (unpaired) electrons. The molecule has 0 atom stereocenters. The van der Waals surface area contributed by atoms with Crippen molar-refractivity contribution in [1.29, 1.82) is 0 Å². The van der Waals surface area contributed by atoms with Crippen molar-refractivity contribution in [2.24, 2.45) is 0 Å². The minimum absolute atomic E-state index is 0.0396. The van der Waals surface area contributed by atoms with Crippen molar-refractivity contribution < 1.29 is 9.47 Å². The van der Waals surface area contributed by atoms with Gasteiger partial charge in [-0.3, -0.25) is 0 Å². The molecule has 0 unspecified atom stereocenters. The zero-order valence-electron chi connectivity index (χ0n) is 11.0. The summed E-state index contributed by atoms with van der Waals surface area (Å²) >= 11 is 9.26. The second kappa shape index (κ2) is 6.85. The lowest BCUT2D eigenvalue weighted by Crippen LogP contribution is -2.10. The number of hydrogen-bond acceptors (Lipinski definition) is 5. The first-order valence-corrected chi connectivity index (χ1v) is 7.16. The Bertz CT molecular complexity index is 596. The van der Waals surface area contributed by atoms with Crippen molar-refractivity contribution in [1.82, 2.24) is 15.0 Å². The second-order valence-corrected chi connectivity index (χ2v) is 5.41. The smallest absolute Gasteiger partial charge is 0.324 e. The highest BCUT2D eigenvalue weighted by atomic mass is 79.9. The summed E-state index contributed by atoms with van der Waals surface area (Å²) in [6.07, 6.45) is -0.0513. The molecule has 0 fully saturated rings. The zero-order chi connectivity index (χ0) is 14.5. The molecule has 7 heteroatoms. The Morgan fingerprint density at radius 1 is 1.15 bits per heavy atom. The molecule has 2 aromatic rings. The monoisotopic (exact) mass is 357 g/mol. The number of aromatic nitrogens is 3. The standard InChI is InChI=1S/C13H13BrClN3O2/c1-8(2)20-13-17-11(15)16-12(18-13)19-7-9-5-3-4-6-10(9)14/h3-6,8H,7H2,1-2H3. The maximum Gasteiger partial charge on any atom is 0.324 e. The minimum Gasteiger partial charge on any atom is -0.461 e. The van der Waals surface area contributed by atoms with Crippen LogP contribution in [0.5, 0.6) is 12.0 Å². The summed E-state index contributed by atoms with van der Waals surface area (Å²) in [5.74, 6) is 0. The largest absolute Gasteiger partial charge is 0.461 e. The van der Waals surface area contributed by atoms with E-state index >= 15 is 0 Å². The van der Waals surface area contributed by atoms with E-state index in [2.05, 4.69) is 30.9 Å². The average molecular weight is 359 g/mol. The molecule has 1 aromatic heterocycles. The van der Waals surface area contributed by atoms with E-state index in [1.165, 1.54) is 0 Å². The van der Waals surface area contributed by atoms with Gasteiger partial charge in [0.05, 0.1) is 6.10 Å². The van der Waals surface area contributed by atoms with Gasteiger partial charge in [-0.2, -0.15) is 9.97 Å². The number of benzene rings is 1. The van der Waals surface area contributed by atoms with Gasteiger partial charge in [-0.15, -0.1) is 4.98 Å². The van der Waals surface area contributed by atoms with E-state index in [0.29, 0.717) is 6.61 Å². The van der Waals surface area contributed by atoms with Crippen LogP contribution >= 0.6 is 27.5 Å². The van der Waals surface area contributed by atoms with Gasteiger partial charge in [0.2, 0.25) is 5.28 Å². The van der Waals surface area contributed by atoms with Gasteiger partial charge in [-0.25, -0.2) is 0 Å². The van der Waals surface area contributed by atoms with Gasteiger partial charge in [0.25, 0.3) is 0 Å². The first-order chi connectivity index (χ1) is 9.54. The summed E-state index contributed by atoms with van der Waals surface area (Å²) < 4.78 is 11.9. The van der Waals surface area contributed by atoms with E-state index in [4.69, 9.17) is 21.1 Å². The summed E-state index contributed by atoms with van der Waals surface area (Å²) in [4.78, 5) is 11.8. The third-order valence-corrected chi connectivity index (χ3v) is 3.17. The van der Waals surface area contributed by atoms with Gasteiger partial charge in [-0.1, -0.05) is 34.1 Å². The van der Waals surface area contributed by atoms with Gasteiger partial charge in [0.15, 0.2) is 0 Å². The Labute approximate surface area is 130 Å². The maximum absolute atomic E-state index is 5.81. The molecule has 0 spiro atoms. The van der Waals surface area contributed by atoms with Crippen LogP contribution in [0.4, 0.5) is 0 Å². The van der Waals surface area contributed by atoms with Crippen molar-refractivity contribution in [3.8, 4) is 12.0 Å². The lowest BCUT2D eigenvalue weighted by Gasteiger charge is -2.09. The highest BCUT2D eigenvalue weighted by molar-refractivity contribution is 9.10. The summed E-state index contributed by atoms with van der Waals surface area (Å²) in [6, 6.07) is 8.03. The molecule has 0 saturated heterocycles. The Morgan fingerprint density at radius 3 is 2.55 bits per heavy atom. The fourth-order valence-corrected chi connectivity index (χ4v) is 1.94. The van der Waals surface area contributed by atoms with Crippen molar-refractivity contribution in [3.63, 3.8) is 0 Å². The molecule has 0 saturated carbocycles. The molecule has 5 nitrogen and oxygen atoms in total. The van der Waals surface area contributed by atoms with Crippen LogP contribution in [-0.2, 0) is 6.61 Å². The van der Waals surface area contributed by atoms with E-state index in [1.54, 1.807) is 0 Å². The Balaban J connectivity index is 2.09. The Hall–Kier alpha value is -1.40. The second-order valence-electron chi connectivity index (χ2n) is 4.22. The molecule has 0 aliphatic heterocycles. The lowest BCUT2D eigenvalue weighted by atomic mass is 10.2. The SMILES string of the molecule is CC(C)Oc1nc(Cl)nc(OCc2ccccc2Br)n1. The highest BCUT2D eigenvalue weighted by Gasteiger charge is 2.09. The first kappa shape index (κ1) is 15.0. The first-order valence-electron chi connectivity index (χ1n) is 5.99. The van der Waals surface area contributed by atoms with E-state index in [-0.39, 0.29) is 23.4 Å². The van der Waals surface area contributed by atoms with Crippen LogP contribution in [0.3, 0.4) is 0 Å². The Morgan fingerprint density at radius 2 is 1.85 bits per heavy atom. The maximum atomic E-state index is 5.81. The summed E-state index contributed by atoms with van der Waals surface area (Å²) in [7, 11) is 0. The lowest BCUT2D eigenvalue weighted by molar-refractivity contribution is 0.211. The number of hydrogen-bond donors (Lipinski definition) is 0. The molecule has 0 aliphatic carbocycles. The highest BCUT2D eigenvalue weighted by Crippen LogP contribution is 2.19. The van der Waals surface area contributed by atoms with Crippen LogP contribution in [0.25, 0.3) is 0 Å². The molecule has 0 amide bonds. The molecule has 0 aliphatic rings. The molecule has 106 valence electrons. The molecule has 0 N–H and O–H groups in total. The van der Waals surface area contributed by atoms with Crippen molar-refractivity contribution >= 4 is 27.5 Å². The predicted octanol–water partition coefficient (Wildman–Crippen LogP) is 3.65. The van der Waals surface area contributed by atoms with Gasteiger partial charge in [0, 0.05) is 10.0 Å². The zero-order valence-corrected chi connectivity index (χ0v) is 13.3. The normalized spacial score (nSPS) is 10.7. The van der Waals surface area contributed by atoms with Crippen molar-refractivity contribution in [2.75, 3.05) is 0 Å². The number of ether oxygens (including phenoxy) is 2. The summed E-state index contributed by atoms with van der Waals surface area (Å²) in [6.45, 7) is 4.07.